The summed E-state index contributed by atoms with van der Waals surface area (Å²) in [6.45, 7) is 1.95. The first kappa shape index (κ1) is 19.3. The number of hydrogen-bond donors (Lipinski definition) is 1. The first-order chi connectivity index (χ1) is 13.0. The lowest BCUT2D eigenvalue weighted by atomic mass is 10.2. The second-order valence-electron chi connectivity index (χ2n) is 6.79. The smallest absolute Gasteiger partial charge is 0.270 e. The van der Waals surface area contributed by atoms with E-state index >= 15 is 0 Å². The summed E-state index contributed by atoms with van der Waals surface area (Å²) in [5, 5.41) is 1.67. The predicted molar refractivity (Wildman–Crippen MR) is 110 cm³/mol. The molecule has 0 saturated carbocycles. The fourth-order valence-electron chi connectivity index (χ4n) is 2.90. The molecular weight excluding hydrogens is 362 g/mol. The fraction of sp³-hybridized carbons (Fsp3) is 0.286. The molecule has 0 spiro atoms. The van der Waals surface area contributed by atoms with Crippen LogP contribution in [0.25, 0.3) is 10.9 Å². The number of methoxy groups -OCH3 is 1. The highest BCUT2D eigenvalue weighted by atomic mass is 35.5. The monoisotopic (exact) mass is 385 g/mol. The summed E-state index contributed by atoms with van der Waals surface area (Å²) in [5.74, 6) is 0.732. The molecule has 0 fully saturated rings. The van der Waals surface area contributed by atoms with Crippen molar-refractivity contribution in [3.63, 3.8) is 0 Å². The van der Waals surface area contributed by atoms with Crippen LogP contribution in [0.2, 0.25) is 5.02 Å². The number of carbonyl (C=O) groups is 1. The van der Waals surface area contributed by atoms with E-state index in [1.54, 1.807) is 7.11 Å². The maximum absolute atomic E-state index is 13.2. The van der Waals surface area contributed by atoms with Crippen molar-refractivity contribution in [2.45, 2.75) is 6.54 Å². The van der Waals surface area contributed by atoms with Crippen molar-refractivity contribution >= 4 is 28.4 Å². The van der Waals surface area contributed by atoms with Crippen molar-refractivity contribution < 1.29 is 9.53 Å². The van der Waals surface area contributed by atoms with Crippen molar-refractivity contribution in [1.29, 1.82) is 0 Å². The van der Waals surface area contributed by atoms with Crippen LogP contribution in [-0.4, -0.2) is 55.0 Å². The van der Waals surface area contributed by atoms with Crippen LogP contribution in [-0.2, 0) is 6.54 Å². The summed E-state index contributed by atoms with van der Waals surface area (Å²) < 4.78 is 5.26. The minimum atomic E-state index is -0.0260. The maximum atomic E-state index is 13.2. The Kier molecular flexibility index (Phi) is 6.04. The number of likely N-dealkylation sites (N-methyl/N-ethyl adjacent to an activating group) is 1. The molecule has 3 aromatic rings. The SMILES string of the molecule is COc1ccc2cc(C(=O)N(CCN(C)C)Cc3ccc(Cl)cc3)[nH]c2c1. The molecule has 0 unspecified atom stereocenters. The molecule has 0 aliphatic rings. The number of nitrogens with one attached hydrogen (secondary N) is 1. The van der Waals surface area contributed by atoms with Crippen LogP contribution in [0, 0.1) is 0 Å². The number of nitrogens with zero attached hydrogens (tertiary/aromatic N) is 2. The fourth-order valence-corrected chi connectivity index (χ4v) is 3.03. The molecule has 0 bridgehead atoms. The third-order valence-electron chi connectivity index (χ3n) is 4.45. The van der Waals surface area contributed by atoms with Gasteiger partial charge in [-0.25, -0.2) is 0 Å². The van der Waals surface area contributed by atoms with E-state index in [0.717, 1.165) is 28.8 Å². The molecule has 142 valence electrons. The van der Waals surface area contributed by atoms with Gasteiger partial charge in [-0.15, -0.1) is 0 Å². The first-order valence-corrected chi connectivity index (χ1v) is 9.19. The minimum Gasteiger partial charge on any atom is -0.497 e. The highest BCUT2D eigenvalue weighted by Gasteiger charge is 2.18. The molecule has 5 nitrogen and oxygen atoms in total. The van der Waals surface area contributed by atoms with Gasteiger partial charge in [-0.2, -0.15) is 0 Å². The van der Waals surface area contributed by atoms with Crippen LogP contribution in [0.1, 0.15) is 16.1 Å². The zero-order chi connectivity index (χ0) is 19.4. The van der Waals surface area contributed by atoms with Crippen LogP contribution >= 0.6 is 11.6 Å². The van der Waals surface area contributed by atoms with Crippen LogP contribution in [0.5, 0.6) is 5.75 Å². The van der Waals surface area contributed by atoms with Gasteiger partial charge in [0.2, 0.25) is 0 Å². The van der Waals surface area contributed by atoms with Crippen molar-refractivity contribution in [1.82, 2.24) is 14.8 Å². The Morgan fingerprint density at radius 2 is 1.81 bits per heavy atom. The van der Waals surface area contributed by atoms with Crippen LogP contribution < -0.4 is 4.74 Å². The number of carbonyl (C=O) groups excluding carboxylic acids is 1. The quantitative estimate of drug-likeness (QED) is 0.667. The average Bonchev–Trinajstić information content (AvgIpc) is 3.09. The summed E-state index contributed by atoms with van der Waals surface area (Å²) in [6, 6.07) is 15.2. The molecule has 6 heteroatoms. The molecule has 1 N–H and O–H groups in total. The van der Waals surface area contributed by atoms with E-state index in [-0.39, 0.29) is 5.91 Å². The van der Waals surface area contributed by atoms with Crippen LogP contribution in [0.3, 0.4) is 0 Å². The van der Waals surface area contributed by atoms with Gasteiger partial charge in [0.25, 0.3) is 5.91 Å². The van der Waals surface area contributed by atoms with Gasteiger partial charge in [0, 0.05) is 41.6 Å². The van der Waals surface area contributed by atoms with Gasteiger partial charge in [0.1, 0.15) is 11.4 Å². The second-order valence-corrected chi connectivity index (χ2v) is 7.23. The predicted octanol–water partition coefficient (Wildman–Crippen LogP) is 4.03. The van der Waals surface area contributed by atoms with E-state index in [9.17, 15) is 4.79 Å². The summed E-state index contributed by atoms with van der Waals surface area (Å²) in [5.41, 5.74) is 2.51. The third kappa shape index (κ3) is 4.81. The molecule has 1 amide bonds. The molecule has 0 saturated heterocycles. The Bertz CT molecular complexity index is 919. The molecule has 1 aromatic heterocycles. The molecular formula is C21H24ClN3O2. The molecule has 1 heterocycles. The Labute approximate surface area is 164 Å². The van der Waals surface area contributed by atoms with E-state index in [2.05, 4.69) is 9.88 Å². The summed E-state index contributed by atoms with van der Waals surface area (Å²) >= 11 is 5.98. The number of aromatic amines is 1. The Balaban J connectivity index is 1.85. The van der Waals surface area contributed by atoms with E-state index in [0.29, 0.717) is 23.8 Å². The summed E-state index contributed by atoms with van der Waals surface area (Å²) in [6.07, 6.45) is 0. The lowest BCUT2D eigenvalue weighted by molar-refractivity contribution is 0.0727. The minimum absolute atomic E-state index is 0.0260. The van der Waals surface area contributed by atoms with Crippen molar-refractivity contribution in [2.24, 2.45) is 0 Å². The highest BCUT2D eigenvalue weighted by Crippen LogP contribution is 2.22. The lowest BCUT2D eigenvalue weighted by Crippen LogP contribution is -2.36. The highest BCUT2D eigenvalue weighted by molar-refractivity contribution is 6.30. The van der Waals surface area contributed by atoms with E-state index < -0.39 is 0 Å². The number of hydrogen-bond acceptors (Lipinski definition) is 3. The molecule has 3 rings (SSSR count). The summed E-state index contributed by atoms with van der Waals surface area (Å²) in [4.78, 5) is 20.3. The molecule has 27 heavy (non-hydrogen) atoms. The van der Waals surface area contributed by atoms with Gasteiger partial charge in [0.05, 0.1) is 7.11 Å². The Morgan fingerprint density at radius 3 is 2.48 bits per heavy atom. The number of benzene rings is 2. The van der Waals surface area contributed by atoms with Gasteiger partial charge in [-0.05, 0) is 50.0 Å². The molecule has 0 atom stereocenters. The molecule has 0 radical (unpaired) electrons. The van der Waals surface area contributed by atoms with Gasteiger partial charge in [0.15, 0.2) is 0 Å². The standard InChI is InChI=1S/C21H24ClN3O2/c1-24(2)10-11-25(14-15-4-7-17(22)8-5-15)21(26)20-12-16-6-9-18(27-3)13-19(16)23-20/h4-9,12-13,23H,10-11,14H2,1-3H3. The number of ether oxygens (including phenoxy) is 1. The summed E-state index contributed by atoms with van der Waals surface area (Å²) in [7, 11) is 5.63. The van der Waals surface area contributed by atoms with Crippen LogP contribution in [0.15, 0.2) is 48.5 Å². The van der Waals surface area contributed by atoms with Crippen molar-refractivity contribution in [3.8, 4) is 5.75 Å². The van der Waals surface area contributed by atoms with Crippen molar-refractivity contribution in [3.05, 3.63) is 64.8 Å². The van der Waals surface area contributed by atoms with E-state index in [1.165, 1.54) is 0 Å². The van der Waals surface area contributed by atoms with E-state index in [4.69, 9.17) is 16.3 Å². The largest absolute Gasteiger partial charge is 0.497 e. The average molecular weight is 386 g/mol. The Morgan fingerprint density at radius 1 is 1.07 bits per heavy atom. The number of halogens is 1. The molecule has 0 aliphatic carbocycles. The first-order valence-electron chi connectivity index (χ1n) is 8.81. The van der Waals surface area contributed by atoms with Crippen LogP contribution in [0.4, 0.5) is 0 Å². The van der Waals surface area contributed by atoms with Gasteiger partial charge < -0.3 is 19.5 Å². The van der Waals surface area contributed by atoms with E-state index in [1.807, 2.05) is 67.5 Å². The molecule has 0 aliphatic heterocycles. The van der Waals surface area contributed by atoms with Gasteiger partial charge in [-0.1, -0.05) is 23.7 Å². The maximum Gasteiger partial charge on any atom is 0.270 e. The molecule has 2 aromatic carbocycles. The number of fused-ring (bicyclic) bond motifs is 1. The Hall–Kier alpha value is -2.50. The zero-order valence-corrected chi connectivity index (χ0v) is 16.6. The number of rotatable bonds is 7. The lowest BCUT2D eigenvalue weighted by Gasteiger charge is -2.24. The number of H-pyrrole nitrogens is 1. The normalized spacial score (nSPS) is 11.1. The third-order valence-corrected chi connectivity index (χ3v) is 4.70. The number of amides is 1. The van der Waals surface area contributed by atoms with Gasteiger partial charge in [-0.3, -0.25) is 4.79 Å². The second kappa shape index (κ2) is 8.46. The van der Waals surface area contributed by atoms with Crippen molar-refractivity contribution in [2.75, 3.05) is 34.3 Å². The zero-order valence-electron chi connectivity index (χ0n) is 15.8. The van der Waals surface area contributed by atoms with Gasteiger partial charge >= 0.3 is 0 Å². The number of aromatic nitrogens is 1. The topological polar surface area (TPSA) is 48.6 Å².